The van der Waals surface area contributed by atoms with Gasteiger partial charge in [-0.05, 0) is 31.0 Å². The largest absolute Gasteiger partial charge is 0.304 e. The van der Waals surface area contributed by atoms with Crippen LogP contribution in [0.5, 0.6) is 0 Å². The molecule has 0 N–H and O–H groups in total. The summed E-state index contributed by atoms with van der Waals surface area (Å²) in [4.78, 5) is 16.8. The van der Waals surface area contributed by atoms with Gasteiger partial charge >= 0.3 is 0 Å². The molecule has 3 nitrogen and oxygen atoms in total. The number of aryl methyl sites for hydroxylation is 2. The van der Waals surface area contributed by atoms with Crippen LogP contribution in [0.3, 0.4) is 0 Å². The van der Waals surface area contributed by atoms with E-state index in [0.717, 1.165) is 15.8 Å². The normalized spacial score (nSPS) is 12.1. The van der Waals surface area contributed by atoms with E-state index < -0.39 is 0 Å². The molecule has 0 saturated carbocycles. The monoisotopic (exact) mass is 286 g/mol. The number of hydrogen-bond donors (Lipinski definition) is 0. The predicted octanol–water partition coefficient (Wildman–Crippen LogP) is 3.04. The third-order valence-electron chi connectivity index (χ3n) is 3.06. The summed E-state index contributed by atoms with van der Waals surface area (Å²) >= 11 is 1.52. The standard InChI is InChI=1S/C16H18N2OS/c1-6-7-18-14-12(5)8-11(4)9-13(14)20-16(18)17-15(19)10(2)3/h1,8-10H,7H2,2-5H3. The summed E-state index contributed by atoms with van der Waals surface area (Å²) in [6.07, 6.45) is 5.46. The van der Waals surface area contributed by atoms with E-state index in [-0.39, 0.29) is 11.8 Å². The zero-order valence-electron chi connectivity index (χ0n) is 12.2. The number of nitrogens with zero attached hydrogens (tertiary/aromatic N) is 2. The number of carbonyl (C=O) groups is 1. The molecular formula is C16H18N2OS. The minimum atomic E-state index is -0.114. The maximum absolute atomic E-state index is 11.9. The maximum atomic E-state index is 11.9. The first-order valence-electron chi connectivity index (χ1n) is 6.56. The third kappa shape index (κ3) is 2.68. The molecule has 1 heterocycles. The molecule has 0 aliphatic carbocycles. The van der Waals surface area contributed by atoms with Gasteiger partial charge in [-0.3, -0.25) is 4.79 Å². The Morgan fingerprint density at radius 3 is 2.75 bits per heavy atom. The van der Waals surface area contributed by atoms with Crippen LogP contribution in [0.2, 0.25) is 0 Å². The first kappa shape index (κ1) is 14.5. The Hall–Kier alpha value is -1.86. The van der Waals surface area contributed by atoms with Crippen LogP contribution in [0.15, 0.2) is 17.1 Å². The number of aromatic nitrogens is 1. The number of amides is 1. The van der Waals surface area contributed by atoms with Crippen molar-refractivity contribution < 1.29 is 4.79 Å². The van der Waals surface area contributed by atoms with Crippen molar-refractivity contribution in [1.82, 2.24) is 4.57 Å². The Labute approximate surface area is 123 Å². The van der Waals surface area contributed by atoms with Gasteiger partial charge < -0.3 is 4.57 Å². The van der Waals surface area contributed by atoms with Gasteiger partial charge in [-0.15, -0.1) is 6.42 Å². The van der Waals surface area contributed by atoms with Crippen LogP contribution in [-0.4, -0.2) is 10.5 Å². The molecular weight excluding hydrogens is 268 g/mol. The number of fused-ring (bicyclic) bond motifs is 1. The molecule has 0 aliphatic rings. The minimum absolute atomic E-state index is 0.109. The Balaban J connectivity index is 2.79. The fourth-order valence-corrected chi connectivity index (χ4v) is 3.35. The molecule has 0 saturated heterocycles. The molecule has 104 valence electrons. The van der Waals surface area contributed by atoms with E-state index in [4.69, 9.17) is 6.42 Å². The summed E-state index contributed by atoms with van der Waals surface area (Å²) in [5, 5.41) is 0. The van der Waals surface area contributed by atoms with Crippen molar-refractivity contribution in [2.45, 2.75) is 34.2 Å². The molecule has 4 heteroatoms. The Morgan fingerprint density at radius 2 is 2.15 bits per heavy atom. The van der Waals surface area contributed by atoms with Crippen molar-refractivity contribution in [2.24, 2.45) is 10.9 Å². The summed E-state index contributed by atoms with van der Waals surface area (Å²) in [7, 11) is 0. The fourth-order valence-electron chi connectivity index (χ4n) is 2.14. The highest BCUT2D eigenvalue weighted by atomic mass is 32.1. The van der Waals surface area contributed by atoms with Crippen LogP contribution >= 0.6 is 11.3 Å². The van der Waals surface area contributed by atoms with E-state index in [0.29, 0.717) is 11.3 Å². The molecule has 1 aromatic carbocycles. The molecule has 2 aromatic rings. The summed E-state index contributed by atoms with van der Waals surface area (Å²) in [6, 6.07) is 4.23. The van der Waals surface area contributed by atoms with E-state index in [2.05, 4.69) is 36.9 Å². The summed E-state index contributed by atoms with van der Waals surface area (Å²) in [6.45, 7) is 8.24. The van der Waals surface area contributed by atoms with Crippen LogP contribution in [0.1, 0.15) is 25.0 Å². The van der Waals surface area contributed by atoms with E-state index in [9.17, 15) is 4.79 Å². The summed E-state index contributed by atoms with van der Waals surface area (Å²) < 4.78 is 3.07. The number of carbonyl (C=O) groups excluding carboxylic acids is 1. The van der Waals surface area contributed by atoms with Crippen molar-refractivity contribution in [3.8, 4) is 12.3 Å². The molecule has 0 bridgehead atoms. The lowest BCUT2D eigenvalue weighted by Gasteiger charge is -2.04. The molecule has 0 fully saturated rings. The number of terminal acetylenes is 1. The van der Waals surface area contributed by atoms with Crippen LogP contribution < -0.4 is 4.80 Å². The number of rotatable bonds is 2. The fraction of sp³-hybridized carbons (Fsp3) is 0.375. The van der Waals surface area contributed by atoms with Gasteiger partial charge in [0.1, 0.15) is 0 Å². The van der Waals surface area contributed by atoms with Gasteiger partial charge in [0.25, 0.3) is 5.91 Å². The molecule has 1 amide bonds. The van der Waals surface area contributed by atoms with E-state index >= 15 is 0 Å². The highest BCUT2D eigenvalue weighted by molar-refractivity contribution is 7.16. The quantitative estimate of drug-likeness (QED) is 0.781. The Morgan fingerprint density at radius 1 is 1.45 bits per heavy atom. The average Bonchev–Trinajstić information content (AvgIpc) is 2.67. The molecule has 0 radical (unpaired) electrons. The van der Waals surface area contributed by atoms with Crippen molar-refractivity contribution in [3.05, 3.63) is 28.1 Å². The second-order valence-electron chi connectivity index (χ2n) is 5.21. The lowest BCUT2D eigenvalue weighted by molar-refractivity contribution is -0.120. The first-order valence-corrected chi connectivity index (χ1v) is 7.38. The maximum Gasteiger partial charge on any atom is 0.250 e. The predicted molar refractivity (Wildman–Crippen MR) is 83.5 cm³/mol. The second kappa shape index (κ2) is 5.64. The van der Waals surface area contributed by atoms with Crippen molar-refractivity contribution in [3.63, 3.8) is 0 Å². The molecule has 0 unspecified atom stereocenters. The van der Waals surface area contributed by atoms with Crippen LogP contribution in [0.4, 0.5) is 0 Å². The SMILES string of the molecule is C#CCn1c(=NC(=O)C(C)C)sc2cc(C)cc(C)c21. The van der Waals surface area contributed by atoms with Gasteiger partial charge in [0.15, 0.2) is 4.80 Å². The Bertz CT molecular complexity index is 772. The van der Waals surface area contributed by atoms with Crippen LogP contribution in [0.25, 0.3) is 10.2 Å². The van der Waals surface area contributed by atoms with Gasteiger partial charge in [0.2, 0.25) is 0 Å². The lowest BCUT2D eigenvalue weighted by atomic mass is 10.1. The van der Waals surface area contributed by atoms with E-state index in [1.165, 1.54) is 16.9 Å². The van der Waals surface area contributed by atoms with Crippen LogP contribution in [-0.2, 0) is 11.3 Å². The number of hydrogen-bond acceptors (Lipinski definition) is 2. The second-order valence-corrected chi connectivity index (χ2v) is 6.22. The van der Waals surface area contributed by atoms with Crippen molar-refractivity contribution >= 4 is 27.5 Å². The van der Waals surface area contributed by atoms with E-state index in [1.807, 2.05) is 18.4 Å². The van der Waals surface area contributed by atoms with Gasteiger partial charge in [-0.1, -0.05) is 37.2 Å². The van der Waals surface area contributed by atoms with Crippen molar-refractivity contribution in [1.29, 1.82) is 0 Å². The molecule has 0 aliphatic heterocycles. The summed E-state index contributed by atoms with van der Waals surface area (Å²) in [5.41, 5.74) is 3.43. The molecule has 1 aromatic heterocycles. The van der Waals surface area contributed by atoms with Gasteiger partial charge in [0, 0.05) is 5.92 Å². The number of thiazole rings is 1. The molecule has 0 spiro atoms. The molecule has 20 heavy (non-hydrogen) atoms. The smallest absolute Gasteiger partial charge is 0.250 e. The average molecular weight is 286 g/mol. The number of benzene rings is 1. The molecule has 2 rings (SSSR count). The molecule has 0 atom stereocenters. The van der Waals surface area contributed by atoms with Crippen LogP contribution in [0, 0.1) is 32.1 Å². The van der Waals surface area contributed by atoms with Gasteiger partial charge in [0.05, 0.1) is 16.8 Å². The summed E-state index contributed by atoms with van der Waals surface area (Å²) in [5.74, 6) is 2.42. The topological polar surface area (TPSA) is 34.4 Å². The minimum Gasteiger partial charge on any atom is -0.304 e. The van der Waals surface area contributed by atoms with Gasteiger partial charge in [-0.25, -0.2) is 0 Å². The van der Waals surface area contributed by atoms with Gasteiger partial charge in [-0.2, -0.15) is 4.99 Å². The highest BCUT2D eigenvalue weighted by Crippen LogP contribution is 2.23. The lowest BCUT2D eigenvalue weighted by Crippen LogP contribution is -2.18. The zero-order valence-corrected chi connectivity index (χ0v) is 13.0. The van der Waals surface area contributed by atoms with E-state index in [1.54, 1.807) is 0 Å². The third-order valence-corrected chi connectivity index (χ3v) is 4.09. The Kier molecular flexibility index (Phi) is 4.10. The zero-order chi connectivity index (χ0) is 14.9. The first-order chi connectivity index (χ1) is 9.43. The highest BCUT2D eigenvalue weighted by Gasteiger charge is 2.11. The van der Waals surface area contributed by atoms with Crippen molar-refractivity contribution in [2.75, 3.05) is 0 Å².